The van der Waals surface area contributed by atoms with E-state index >= 15 is 0 Å². The molecule has 0 aromatic rings. The van der Waals surface area contributed by atoms with Gasteiger partial charge in [0.15, 0.2) is 0 Å². The van der Waals surface area contributed by atoms with Gasteiger partial charge in [-0.1, -0.05) is 27.7 Å². The zero-order valence-electron chi connectivity index (χ0n) is 27.2. The summed E-state index contributed by atoms with van der Waals surface area (Å²) < 4.78 is 25.1. The molecule has 0 aromatic heterocycles. The topological polar surface area (TPSA) is 221 Å². The van der Waals surface area contributed by atoms with E-state index in [4.69, 9.17) is 30.9 Å². The minimum atomic E-state index is -0.782. The second-order valence-electron chi connectivity index (χ2n) is 12.1. The summed E-state index contributed by atoms with van der Waals surface area (Å²) in [5.74, 6) is 0.879. The molecule has 2 aliphatic carbocycles. The van der Waals surface area contributed by atoms with Gasteiger partial charge < -0.3 is 64.9 Å². The fourth-order valence-corrected chi connectivity index (χ4v) is 6.50. The molecule has 7 rings (SSSR count). The number of rotatable bonds is 7. The average Bonchev–Trinajstić information content (AvgIpc) is 3.81. The molecular formula is C32H66ClNaO13. The van der Waals surface area contributed by atoms with Gasteiger partial charge in [-0.2, -0.15) is 0 Å². The fourth-order valence-electron chi connectivity index (χ4n) is 6.32. The smallest absolute Gasteiger partial charge is 0.870 e. The quantitative estimate of drug-likeness (QED) is 0.0877. The third-order valence-electron chi connectivity index (χ3n) is 8.91. The Kier molecular flexibility index (Phi) is 32.6. The monoisotopic (exact) mass is 716 g/mol. The molecule has 2 saturated carbocycles. The molecule has 5 heterocycles. The number of hydrogen-bond donors (Lipinski definition) is 7. The van der Waals surface area contributed by atoms with Gasteiger partial charge in [-0.15, -0.1) is 11.6 Å². The van der Waals surface area contributed by atoms with Gasteiger partial charge >= 0.3 is 29.6 Å². The van der Waals surface area contributed by atoms with E-state index in [0.717, 1.165) is 45.1 Å². The summed E-state index contributed by atoms with van der Waals surface area (Å²) >= 11 is 5.27. The molecule has 0 aromatic carbocycles. The van der Waals surface area contributed by atoms with Gasteiger partial charge in [-0.3, -0.25) is 0 Å². The summed E-state index contributed by atoms with van der Waals surface area (Å²) in [6, 6.07) is 0. The van der Waals surface area contributed by atoms with Gasteiger partial charge in [0.25, 0.3) is 0 Å². The van der Waals surface area contributed by atoms with Crippen LogP contribution < -0.4 is 29.6 Å². The van der Waals surface area contributed by atoms with Crippen molar-refractivity contribution in [3.8, 4) is 0 Å². The first-order valence-corrected chi connectivity index (χ1v) is 16.3. The van der Waals surface area contributed by atoms with Crippen molar-refractivity contribution in [3.63, 3.8) is 0 Å². The van der Waals surface area contributed by atoms with Crippen molar-refractivity contribution in [3.05, 3.63) is 0 Å². The number of aliphatic hydroxyl groups excluding tert-OH is 7. The van der Waals surface area contributed by atoms with Crippen molar-refractivity contribution in [2.75, 3.05) is 66.3 Å². The third-order valence-corrected chi connectivity index (χ3v) is 9.25. The number of ether oxygens (including phenoxy) is 5. The number of halogens is 1. The molecule has 280 valence electrons. The number of alkyl halides is 1. The number of fused-ring (bicyclic) bond motifs is 12. The molecule has 0 radical (unpaired) electrons. The van der Waals surface area contributed by atoms with Crippen LogP contribution in [-0.2, 0) is 23.7 Å². The van der Waals surface area contributed by atoms with Crippen molar-refractivity contribution in [1.29, 1.82) is 0 Å². The molecule has 4 bridgehead atoms. The van der Waals surface area contributed by atoms with Crippen LogP contribution in [0.25, 0.3) is 0 Å². The Balaban J connectivity index is -0.000000571. The maximum absolute atomic E-state index is 9.96. The minimum absolute atomic E-state index is 0. The molecule has 15 heteroatoms. The van der Waals surface area contributed by atoms with Crippen LogP contribution in [-0.4, -0.2) is 156 Å². The second kappa shape index (κ2) is 29.4. The van der Waals surface area contributed by atoms with Crippen molar-refractivity contribution >= 4 is 11.6 Å². The molecule has 13 nitrogen and oxygen atoms in total. The summed E-state index contributed by atoms with van der Waals surface area (Å²) in [6.45, 7) is 3.02. The molecule has 0 amide bonds. The summed E-state index contributed by atoms with van der Waals surface area (Å²) in [4.78, 5) is 0. The van der Waals surface area contributed by atoms with E-state index in [1.54, 1.807) is 14.2 Å². The van der Waals surface area contributed by atoms with E-state index < -0.39 is 30.5 Å². The molecule has 5 saturated heterocycles. The Labute approximate surface area is 309 Å². The molecule has 7 fully saturated rings. The van der Waals surface area contributed by atoms with Crippen LogP contribution in [0.5, 0.6) is 0 Å². The summed E-state index contributed by atoms with van der Waals surface area (Å²) in [7, 11) is 3.08. The number of epoxide rings is 1. The first-order valence-electron chi connectivity index (χ1n) is 15.7. The van der Waals surface area contributed by atoms with Crippen molar-refractivity contribution < 1.29 is 94.5 Å². The van der Waals surface area contributed by atoms with Crippen LogP contribution in [0.1, 0.15) is 66.2 Å². The van der Waals surface area contributed by atoms with E-state index in [1.807, 2.05) is 0 Å². The predicted octanol–water partition coefficient (Wildman–Crippen LogP) is -1.83. The zero-order chi connectivity index (χ0) is 31.8. The normalized spacial score (nSPS) is 35.4. The maximum Gasteiger partial charge on any atom is 1.00 e. The third kappa shape index (κ3) is 18.2. The predicted molar refractivity (Wildman–Crippen MR) is 174 cm³/mol. The van der Waals surface area contributed by atoms with E-state index in [9.17, 15) is 30.6 Å². The SMILES string of the molecule is C.C.COCC(O)COC.ClCC1CO1.OCC1C[C@H]2OCCCC[C@@H]1[C@@H](O)C2O.OCC1C[C@H]2OCCCC[C@@H]1[C@@H](O)C2O.[Na+].[OH-]. The Bertz CT molecular complexity index is 656. The Hall–Kier alpha value is 0.770. The van der Waals surface area contributed by atoms with E-state index in [-0.39, 0.29) is 99.0 Å². The molecule has 8 N–H and O–H groups in total. The fraction of sp³-hybridized carbons (Fsp3) is 1.00. The zero-order valence-corrected chi connectivity index (χ0v) is 30.0. The largest absolute Gasteiger partial charge is 1.00 e. The molecule has 0 spiro atoms. The van der Waals surface area contributed by atoms with Crippen LogP contribution in [0.4, 0.5) is 0 Å². The maximum atomic E-state index is 9.96. The van der Waals surface area contributed by atoms with Gasteiger partial charge in [0.2, 0.25) is 0 Å². The Morgan fingerprint density at radius 3 is 1.36 bits per heavy atom. The van der Waals surface area contributed by atoms with E-state index in [2.05, 4.69) is 9.47 Å². The van der Waals surface area contributed by atoms with Crippen LogP contribution in [0, 0.1) is 23.7 Å². The number of methoxy groups -OCH3 is 2. The number of aliphatic hydroxyl groups is 7. The second-order valence-corrected chi connectivity index (χ2v) is 12.4. The molecular weight excluding hydrogens is 651 g/mol. The minimum Gasteiger partial charge on any atom is -0.870 e. The van der Waals surface area contributed by atoms with Crippen molar-refractivity contribution in [2.45, 2.75) is 115 Å². The molecule has 7 aliphatic rings. The molecule has 47 heavy (non-hydrogen) atoms. The molecule has 5 unspecified atom stereocenters. The average molecular weight is 717 g/mol. The first kappa shape index (κ1) is 52.1. The Morgan fingerprint density at radius 2 is 1.09 bits per heavy atom. The first-order chi connectivity index (χ1) is 20.7. The van der Waals surface area contributed by atoms with Crippen LogP contribution in [0.3, 0.4) is 0 Å². The molecule has 11 atom stereocenters. The van der Waals surface area contributed by atoms with Gasteiger partial charge in [0.1, 0.15) is 18.3 Å². The standard InChI is InChI=1S/2C11H20O4.C5H12O3.C3H5ClO.2CH4.Na.H2O/c2*12-6-7-5-9-11(14)10(13)8(7)3-1-2-4-15-9;1-7-3-5(6)4-8-2;4-1-3-2-5-3;;;;/h2*7-14H,1-6H2;5-6H,3-4H2,1-2H3;3H,1-2H2;2*1H4;;1H2/q;;;;;;+1;/p-1/t2*7?,8-,9+,10+,11?;;;;;;/m00....../s1. The summed E-state index contributed by atoms with van der Waals surface area (Å²) in [6.07, 6.45) is 3.31. The van der Waals surface area contributed by atoms with E-state index in [1.165, 1.54) is 0 Å². The summed E-state index contributed by atoms with van der Waals surface area (Å²) in [5, 5.41) is 67.0. The molecule has 5 aliphatic heterocycles. The van der Waals surface area contributed by atoms with Crippen LogP contribution in [0.15, 0.2) is 0 Å². The van der Waals surface area contributed by atoms with Crippen molar-refractivity contribution in [1.82, 2.24) is 0 Å². The van der Waals surface area contributed by atoms with E-state index in [0.29, 0.717) is 51.3 Å². The van der Waals surface area contributed by atoms with Gasteiger partial charge in [0.05, 0.1) is 56.2 Å². The number of hydrogen-bond acceptors (Lipinski definition) is 13. The van der Waals surface area contributed by atoms with Gasteiger partial charge in [-0.05, 0) is 62.2 Å². The Morgan fingerprint density at radius 1 is 0.702 bits per heavy atom. The van der Waals surface area contributed by atoms with Gasteiger partial charge in [0, 0.05) is 40.6 Å². The van der Waals surface area contributed by atoms with Crippen LogP contribution >= 0.6 is 11.6 Å². The van der Waals surface area contributed by atoms with Gasteiger partial charge in [-0.25, -0.2) is 0 Å². The van der Waals surface area contributed by atoms with Crippen LogP contribution in [0.2, 0.25) is 0 Å². The van der Waals surface area contributed by atoms with Crippen molar-refractivity contribution in [2.24, 2.45) is 23.7 Å². The summed E-state index contributed by atoms with van der Waals surface area (Å²) in [5.41, 5.74) is 0.